The molecule has 0 aromatic carbocycles. The smallest absolute Gasteiger partial charge is 0.0360 e. The minimum absolute atomic E-state index is 0.894. The Balaban J connectivity index is 0.000000292. The molecule has 0 spiro atoms. The van der Waals surface area contributed by atoms with Crippen molar-refractivity contribution in [2.24, 2.45) is 71.0 Å². The lowest BCUT2D eigenvalue weighted by atomic mass is 9.74. The summed E-state index contributed by atoms with van der Waals surface area (Å²) >= 11 is 0. The Labute approximate surface area is 250 Å². The van der Waals surface area contributed by atoms with Crippen molar-refractivity contribution in [2.45, 2.75) is 179 Å². The molecule has 39 heavy (non-hydrogen) atoms. The summed E-state index contributed by atoms with van der Waals surface area (Å²) in [6, 6.07) is 0. The topological polar surface area (TPSA) is 0 Å². The molecule has 234 valence electrons. The van der Waals surface area contributed by atoms with Crippen LogP contribution in [0.3, 0.4) is 0 Å². The van der Waals surface area contributed by atoms with Crippen LogP contribution in [-0.2, 0) is 0 Å². The normalized spacial score (nSPS) is 30.9. The van der Waals surface area contributed by atoms with Gasteiger partial charge >= 0.3 is 0 Å². The van der Waals surface area contributed by atoms with Crippen LogP contribution in [0, 0.1) is 71.0 Å². The molecule has 0 aromatic rings. The molecule has 0 N–H and O–H groups in total. The Bertz CT molecular complexity index is 519. The van der Waals surface area contributed by atoms with Crippen molar-refractivity contribution in [3.05, 3.63) is 0 Å². The number of rotatable bonds is 6. The van der Waals surface area contributed by atoms with E-state index in [0.29, 0.717) is 0 Å². The van der Waals surface area contributed by atoms with Gasteiger partial charge in [0, 0.05) is 0 Å². The summed E-state index contributed by atoms with van der Waals surface area (Å²) in [5.74, 6) is 11.5. The summed E-state index contributed by atoms with van der Waals surface area (Å²) in [4.78, 5) is 0. The second-order valence-electron chi connectivity index (χ2n) is 16.5. The van der Waals surface area contributed by atoms with E-state index >= 15 is 0 Å². The Morgan fingerprint density at radius 2 is 0.590 bits per heavy atom. The van der Waals surface area contributed by atoms with Gasteiger partial charge in [-0.2, -0.15) is 0 Å². The minimum atomic E-state index is 0.894. The molecule has 0 aliphatic heterocycles. The first-order valence-corrected chi connectivity index (χ1v) is 18.3. The van der Waals surface area contributed by atoms with E-state index in [1.165, 1.54) is 96.3 Å². The van der Waals surface area contributed by atoms with Gasteiger partial charge < -0.3 is 0 Å². The van der Waals surface area contributed by atoms with Crippen molar-refractivity contribution in [3.8, 4) is 0 Å². The van der Waals surface area contributed by atoms with Crippen LogP contribution < -0.4 is 0 Å². The van der Waals surface area contributed by atoms with Gasteiger partial charge in [0.2, 0.25) is 0 Å². The van der Waals surface area contributed by atoms with Crippen LogP contribution in [0.5, 0.6) is 0 Å². The molecule has 6 unspecified atom stereocenters. The van der Waals surface area contributed by atoms with Crippen molar-refractivity contribution >= 4 is 0 Å². The molecule has 0 heteroatoms. The van der Waals surface area contributed by atoms with Gasteiger partial charge in [0.05, 0.1) is 0 Å². The summed E-state index contributed by atoms with van der Waals surface area (Å²) < 4.78 is 0. The average Bonchev–Trinajstić information content (AvgIpc) is 3.36. The number of hydrogen-bond acceptors (Lipinski definition) is 0. The van der Waals surface area contributed by atoms with Crippen LogP contribution in [0.4, 0.5) is 0 Å². The second-order valence-corrected chi connectivity index (χ2v) is 16.5. The van der Waals surface area contributed by atoms with Crippen molar-refractivity contribution in [3.63, 3.8) is 0 Å². The predicted octanol–water partition coefficient (Wildman–Crippen LogP) is 13.5. The van der Waals surface area contributed by atoms with Crippen LogP contribution in [-0.4, -0.2) is 0 Å². The van der Waals surface area contributed by atoms with Gasteiger partial charge in [0.15, 0.2) is 0 Å². The maximum absolute atomic E-state index is 2.41. The first-order chi connectivity index (χ1) is 18.3. The summed E-state index contributed by atoms with van der Waals surface area (Å²) in [5, 5.41) is 0. The second kappa shape index (κ2) is 20.0. The highest BCUT2D eigenvalue weighted by molar-refractivity contribution is 4.78. The zero-order chi connectivity index (χ0) is 29.5. The molecule has 0 radical (unpaired) electrons. The van der Waals surface area contributed by atoms with E-state index in [2.05, 4.69) is 83.1 Å². The maximum atomic E-state index is 2.41. The quantitative estimate of drug-likeness (QED) is 0.291. The third kappa shape index (κ3) is 14.6. The third-order valence-corrected chi connectivity index (χ3v) is 11.7. The predicted molar refractivity (Wildman–Crippen MR) is 179 cm³/mol. The van der Waals surface area contributed by atoms with E-state index in [-0.39, 0.29) is 0 Å². The lowest BCUT2D eigenvalue weighted by Crippen LogP contribution is -2.23. The Hall–Kier alpha value is 0. The largest absolute Gasteiger partial charge is 0.0625 e. The van der Waals surface area contributed by atoms with E-state index in [1.807, 2.05) is 0 Å². The zero-order valence-electron chi connectivity index (χ0n) is 29.5. The average molecular weight is 547 g/mol. The first-order valence-electron chi connectivity index (χ1n) is 18.3. The molecule has 0 bridgehead atoms. The lowest BCUT2D eigenvalue weighted by Gasteiger charge is -2.31. The van der Waals surface area contributed by atoms with Crippen molar-refractivity contribution in [1.29, 1.82) is 0 Å². The SMILES string of the molecule is CC(C)C1CCCC(C(C)C)CC1.CC(C)C1CCCCC(C(C)C)C1.CC(C)C1CCCCCC1C(C)C. The molecule has 3 fully saturated rings. The van der Waals surface area contributed by atoms with Gasteiger partial charge in [-0.1, -0.05) is 147 Å². The van der Waals surface area contributed by atoms with E-state index in [9.17, 15) is 0 Å². The van der Waals surface area contributed by atoms with E-state index < -0.39 is 0 Å². The highest BCUT2D eigenvalue weighted by Crippen LogP contribution is 2.38. The van der Waals surface area contributed by atoms with Gasteiger partial charge in [0.25, 0.3) is 0 Å². The van der Waals surface area contributed by atoms with Gasteiger partial charge in [0.1, 0.15) is 0 Å². The van der Waals surface area contributed by atoms with Crippen LogP contribution in [0.25, 0.3) is 0 Å². The third-order valence-electron chi connectivity index (χ3n) is 11.7. The monoisotopic (exact) mass is 547 g/mol. The molecule has 0 aromatic heterocycles. The Morgan fingerprint density at radius 1 is 0.282 bits per heavy atom. The zero-order valence-corrected chi connectivity index (χ0v) is 29.5. The van der Waals surface area contributed by atoms with Crippen LogP contribution in [0.15, 0.2) is 0 Å². The molecule has 0 nitrogen and oxygen atoms in total. The fourth-order valence-electron chi connectivity index (χ4n) is 8.36. The van der Waals surface area contributed by atoms with E-state index in [4.69, 9.17) is 0 Å². The minimum Gasteiger partial charge on any atom is -0.0625 e. The lowest BCUT2D eigenvalue weighted by molar-refractivity contribution is 0.184. The Morgan fingerprint density at radius 3 is 0.897 bits per heavy atom. The summed E-state index contributed by atoms with van der Waals surface area (Å²) in [5.41, 5.74) is 0. The maximum Gasteiger partial charge on any atom is -0.0360 e. The standard InChI is InChI=1S/3C13H26/c1-10(2)12-6-5-7-13(9-8-12)11(3)4;1-10(2)12-7-5-6-8-13(9-12)11(3)4;1-10(2)12-8-6-5-7-9-13(12)11(3)4/h3*10-13H,5-9H2,1-4H3. The summed E-state index contributed by atoms with van der Waals surface area (Å²) in [6.45, 7) is 28.8. The summed E-state index contributed by atoms with van der Waals surface area (Å²) in [6.07, 6.45) is 22.3. The molecule has 3 saturated carbocycles. The molecule has 0 saturated heterocycles. The van der Waals surface area contributed by atoms with Gasteiger partial charge in [-0.05, 0) is 103 Å². The number of hydrogen-bond donors (Lipinski definition) is 0. The highest BCUT2D eigenvalue weighted by Gasteiger charge is 2.28. The Kier molecular flexibility index (Phi) is 19.0. The van der Waals surface area contributed by atoms with Gasteiger partial charge in [-0.3, -0.25) is 0 Å². The fourth-order valence-corrected chi connectivity index (χ4v) is 8.36. The van der Waals surface area contributed by atoms with E-state index in [1.54, 1.807) is 0 Å². The van der Waals surface area contributed by atoms with Gasteiger partial charge in [-0.25, -0.2) is 0 Å². The molecule has 3 aliphatic rings. The highest BCUT2D eigenvalue weighted by atomic mass is 14.3. The molecule has 3 aliphatic carbocycles. The molecule has 6 atom stereocenters. The molecule has 0 amide bonds. The first kappa shape index (κ1) is 37.0. The molecule has 0 heterocycles. The van der Waals surface area contributed by atoms with Crippen molar-refractivity contribution < 1.29 is 0 Å². The van der Waals surface area contributed by atoms with Crippen LogP contribution >= 0.6 is 0 Å². The fraction of sp³-hybridized carbons (Fsp3) is 1.00. The van der Waals surface area contributed by atoms with E-state index in [0.717, 1.165) is 71.0 Å². The van der Waals surface area contributed by atoms with Gasteiger partial charge in [-0.15, -0.1) is 0 Å². The molecular weight excluding hydrogens is 468 g/mol. The molecule has 3 rings (SSSR count). The van der Waals surface area contributed by atoms with Crippen LogP contribution in [0.2, 0.25) is 0 Å². The van der Waals surface area contributed by atoms with Crippen molar-refractivity contribution in [1.82, 2.24) is 0 Å². The summed E-state index contributed by atoms with van der Waals surface area (Å²) in [7, 11) is 0. The van der Waals surface area contributed by atoms with Crippen LogP contribution in [0.1, 0.15) is 179 Å². The van der Waals surface area contributed by atoms with Crippen molar-refractivity contribution in [2.75, 3.05) is 0 Å². The molecular formula is C39H78.